The van der Waals surface area contributed by atoms with Crippen molar-refractivity contribution in [1.82, 2.24) is 15.1 Å². The first-order chi connectivity index (χ1) is 17.5. The van der Waals surface area contributed by atoms with Crippen molar-refractivity contribution in [2.24, 2.45) is 17.3 Å². The molecule has 3 saturated heterocycles. The molecule has 3 aliphatic heterocycles. The van der Waals surface area contributed by atoms with Crippen LogP contribution in [0.5, 0.6) is 0 Å². The van der Waals surface area contributed by atoms with Gasteiger partial charge in [-0.1, -0.05) is 41.5 Å². The van der Waals surface area contributed by atoms with Gasteiger partial charge in [0.25, 0.3) is 5.91 Å². The number of rotatable bonds is 7. The highest BCUT2D eigenvalue weighted by Crippen LogP contribution is 2.41. The fraction of sp³-hybridized carbons (Fsp3) is 0.690. The van der Waals surface area contributed by atoms with Gasteiger partial charge in [-0.15, -0.1) is 0 Å². The van der Waals surface area contributed by atoms with Gasteiger partial charge in [-0.2, -0.15) is 0 Å². The summed E-state index contributed by atoms with van der Waals surface area (Å²) in [7, 11) is 0. The molecule has 2 amide bonds. The summed E-state index contributed by atoms with van der Waals surface area (Å²) in [6.45, 7) is 18.2. The number of likely N-dealkylation sites (tertiary alicyclic amines) is 1. The van der Waals surface area contributed by atoms with Crippen LogP contribution in [-0.4, -0.2) is 91.5 Å². The molecule has 0 aromatic heterocycles. The Morgan fingerprint density at radius 1 is 1.08 bits per heavy atom. The van der Waals surface area contributed by atoms with E-state index in [0.717, 1.165) is 38.4 Å². The molecule has 3 aliphatic rings. The number of hydrogen-bond donors (Lipinski definition) is 1. The number of carbonyl (C=O) groups is 3. The molecule has 8 heteroatoms. The molecule has 3 fully saturated rings. The number of ketones is 1. The standard InChI is InChI=1S/C29H44N4O4/c1-7-31-12-14-32(15-13-31)21-10-8-20(9-11-21)27(35)30-23(16-19(2)3)28(36)33-17-22(29(4,5)6)26-25(33)24(34)18-37-26/h8-11,19,22-23,25-26H,7,12-18H2,1-6H3,(H,30,35)/t22-,23?,25+,26+/m0/s1. The maximum atomic E-state index is 13.8. The zero-order valence-electron chi connectivity index (χ0n) is 23.3. The van der Waals surface area contributed by atoms with Crippen LogP contribution in [0, 0.1) is 17.3 Å². The largest absolute Gasteiger partial charge is 0.369 e. The summed E-state index contributed by atoms with van der Waals surface area (Å²) in [5.74, 6) is -0.234. The Morgan fingerprint density at radius 2 is 1.73 bits per heavy atom. The van der Waals surface area contributed by atoms with Crippen molar-refractivity contribution in [3.8, 4) is 0 Å². The molecule has 1 unspecified atom stereocenters. The number of anilines is 1. The summed E-state index contributed by atoms with van der Waals surface area (Å²) in [4.78, 5) is 46.2. The highest BCUT2D eigenvalue weighted by atomic mass is 16.5. The molecule has 4 rings (SSSR count). The van der Waals surface area contributed by atoms with Gasteiger partial charge in [-0.3, -0.25) is 14.4 Å². The highest BCUT2D eigenvalue weighted by molar-refractivity contribution is 5.99. The minimum atomic E-state index is -0.693. The summed E-state index contributed by atoms with van der Waals surface area (Å²) in [5.41, 5.74) is 1.53. The lowest BCUT2D eigenvalue weighted by molar-refractivity contribution is -0.138. The van der Waals surface area contributed by atoms with Crippen LogP contribution in [0.4, 0.5) is 5.69 Å². The van der Waals surface area contributed by atoms with Crippen molar-refractivity contribution in [2.75, 3.05) is 50.8 Å². The number of amides is 2. The number of ether oxygens (including phenoxy) is 1. The van der Waals surface area contributed by atoms with E-state index < -0.39 is 12.1 Å². The number of nitrogens with zero attached hydrogens (tertiary/aromatic N) is 3. The Hall–Kier alpha value is -2.45. The van der Waals surface area contributed by atoms with Crippen molar-refractivity contribution in [3.63, 3.8) is 0 Å². The molecule has 0 spiro atoms. The summed E-state index contributed by atoms with van der Waals surface area (Å²) in [5, 5.41) is 3.00. The Kier molecular flexibility index (Phi) is 8.29. The minimum absolute atomic E-state index is 0.0462. The lowest BCUT2D eigenvalue weighted by Gasteiger charge is -2.35. The number of benzene rings is 1. The van der Waals surface area contributed by atoms with E-state index in [1.807, 2.05) is 38.1 Å². The lowest BCUT2D eigenvalue weighted by Crippen LogP contribution is -2.52. The zero-order chi connectivity index (χ0) is 26.9. The maximum absolute atomic E-state index is 13.8. The molecular weight excluding hydrogens is 468 g/mol. The first-order valence-electron chi connectivity index (χ1n) is 13.8. The molecule has 0 bridgehead atoms. The second-order valence-corrected chi connectivity index (χ2v) is 12.3. The van der Waals surface area contributed by atoms with Crippen molar-refractivity contribution in [2.45, 2.75) is 66.2 Å². The van der Waals surface area contributed by atoms with E-state index in [1.54, 1.807) is 4.90 Å². The number of hydrogen-bond acceptors (Lipinski definition) is 6. The number of carbonyl (C=O) groups excluding carboxylic acids is 3. The van der Waals surface area contributed by atoms with Gasteiger partial charge in [0.1, 0.15) is 18.7 Å². The molecule has 1 N–H and O–H groups in total. The molecule has 3 heterocycles. The Labute approximate surface area is 221 Å². The van der Waals surface area contributed by atoms with Gasteiger partial charge >= 0.3 is 0 Å². The molecule has 0 aliphatic carbocycles. The van der Waals surface area contributed by atoms with E-state index in [1.165, 1.54) is 0 Å². The monoisotopic (exact) mass is 512 g/mol. The van der Waals surface area contributed by atoms with Crippen LogP contribution in [0.15, 0.2) is 24.3 Å². The van der Waals surface area contributed by atoms with E-state index in [-0.39, 0.29) is 47.6 Å². The van der Waals surface area contributed by atoms with Crippen LogP contribution in [-0.2, 0) is 14.3 Å². The molecule has 37 heavy (non-hydrogen) atoms. The maximum Gasteiger partial charge on any atom is 0.251 e. The van der Waals surface area contributed by atoms with Crippen molar-refractivity contribution in [1.29, 1.82) is 0 Å². The number of Topliss-reactive ketones (excluding diaryl/α,β-unsaturated/α-hetero) is 1. The zero-order valence-corrected chi connectivity index (χ0v) is 23.3. The van der Waals surface area contributed by atoms with Crippen LogP contribution in [0.3, 0.4) is 0 Å². The number of piperazine rings is 1. The Morgan fingerprint density at radius 3 is 2.30 bits per heavy atom. The molecule has 1 aromatic rings. The predicted molar refractivity (Wildman–Crippen MR) is 145 cm³/mol. The second-order valence-electron chi connectivity index (χ2n) is 12.3. The smallest absolute Gasteiger partial charge is 0.251 e. The van der Waals surface area contributed by atoms with Gasteiger partial charge in [0.15, 0.2) is 5.78 Å². The number of nitrogens with one attached hydrogen (secondary N) is 1. The van der Waals surface area contributed by atoms with Crippen molar-refractivity contribution < 1.29 is 19.1 Å². The summed E-state index contributed by atoms with van der Waals surface area (Å²) in [6, 6.07) is 6.40. The second kappa shape index (κ2) is 11.1. The highest BCUT2D eigenvalue weighted by Gasteiger charge is 2.55. The normalized spacial score (nSPS) is 25.5. The molecule has 0 saturated carbocycles. The van der Waals surface area contributed by atoms with Crippen molar-refractivity contribution in [3.05, 3.63) is 29.8 Å². The van der Waals surface area contributed by atoms with Gasteiger partial charge in [0.05, 0.1) is 6.10 Å². The molecule has 4 atom stereocenters. The Bertz CT molecular complexity index is 979. The molecule has 1 aromatic carbocycles. The molecule has 8 nitrogen and oxygen atoms in total. The average Bonchev–Trinajstić information content (AvgIpc) is 3.43. The number of likely N-dealkylation sites (N-methyl/N-ethyl adjacent to an activating group) is 1. The predicted octanol–water partition coefficient (Wildman–Crippen LogP) is 2.81. The van der Waals surface area contributed by atoms with Gasteiger partial charge in [0.2, 0.25) is 5.91 Å². The SMILES string of the molecule is CCN1CCN(c2ccc(C(=O)NC(CC(C)C)C(=O)N3C[C@H](C(C)(C)C)[C@H]4OCC(=O)[C@H]43)cc2)CC1. The average molecular weight is 513 g/mol. The molecule has 204 valence electrons. The lowest BCUT2D eigenvalue weighted by atomic mass is 9.78. The minimum Gasteiger partial charge on any atom is -0.369 e. The third kappa shape index (κ3) is 6.01. The van der Waals surface area contributed by atoms with Crippen molar-refractivity contribution >= 4 is 23.3 Å². The van der Waals surface area contributed by atoms with E-state index >= 15 is 0 Å². The van der Waals surface area contributed by atoms with Gasteiger partial charge < -0.3 is 24.8 Å². The van der Waals surface area contributed by atoms with Crippen LogP contribution in [0.25, 0.3) is 0 Å². The van der Waals surface area contributed by atoms with Gasteiger partial charge in [0, 0.05) is 49.9 Å². The van der Waals surface area contributed by atoms with E-state index in [4.69, 9.17) is 4.74 Å². The third-order valence-electron chi connectivity index (χ3n) is 8.20. The fourth-order valence-electron chi connectivity index (χ4n) is 5.93. The van der Waals surface area contributed by atoms with Crippen LogP contribution < -0.4 is 10.2 Å². The Balaban J connectivity index is 1.46. The summed E-state index contributed by atoms with van der Waals surface area (Å²) in [6.07, 6.45) is 0.228. The van der Waals surface area contributed by atoms with E-state index in [0.29, 0.717) is 18.5 Å². The summed E-state index contributed by atoms with van der Waals surface area (Å²) < 4.78 is 5.86. The van der Waals surface area contributed by atoms with Gasteiger partial charge in [-0.25, -0.2) is 0 Å². The quantitative estimate of drug-likeness (QED) is 0.605. The first-order valence-corrected chi connectivity index (χ1v) is 13.8. The van der Waals surface area contributed by atoms with E-state index in [2.05, 4.69) is 42.8 Å². The van der Waals surface area contributed by atoms with Gasteiger partial charge in [-0.05, 0) is 48.6 Å². The van der Waals surface area contributed by atoms with Crippen LogP contribution in [0.1, 0.15) is 58.3 Å². The molecule has 0 radical (unpaired) electrons. The molecular formula is C29H44N4O4. The topological polar surface area (TPSA) is 82.2 Å². The van der Waals surface area contributed by atoms with E-state index in [9.17, 15) is 14.4 Å². The fourth-order valence-corrected chi connectivity index (χ4v) is 5.93. The number of fused-ring (bicyclic) bond motifs is 1. The first kappa shape index (κ1) is 27.6. The summed E-state index contributed by atoms with van der Waals surface area (Å²) >= 11 is 0. The van der Waals surface area contributed by atoms with Crippen LogP contribution in [0.2, 0.25) is 0 Å². The third-order valence-corrected chi connectivity index (χ3v) is 8.20. The van der Waals surface area contributed by atoms with Crippen LogP contribution >= 0.6 is 0 Å².